The summed E-state index contributed by atoms with van der Waals surface area (Å²) in [5, 5.41) is 0. The maximum Gasteiger partial charge on any atom is 0.454 e. The van der Waals surface area contributed by atoms with Gasteiger partial charge in [-0.3, -0.25) is 4.79 Å². The Morgan fingerprint density at radius 3 is 2.50 bits per heavy atom. The molecule has 88 valence electrons. The molecule has 0 fully saturated rings. The first kappa shape index (κ1) is 13.0. The van der Waals surface area contributed by atoms with Crippen LogP contribution in [-0.4, -0.2) is 18.6 Å². The molecular weight excluding hydrogens is 289 g/mol. The molecule has 0 amide bonds. The van der Waals surface area contributed by atoms with E-state index in [0.29, 0.717) is 12.4 Å². The lowest BCUT2D eigenvalue weighted by Gasteiger charge is -2.09. The highest BCUT2D eigenvalue weighted by atomic mass is 79.9. The molecule has 0 atom stereocenters. The van der Waals surface area contributed by atoms with E-state index in [-0.39, 0.29) is 4.47 Å². The topological polar surface area (TPSA) is 26.3 Å². The Balaban J connectivity index is 3.04. The average molecular weight is 297 g/mol. The number of hydrogen-bond donors (Lipinski definition) is 0. The van der Waals surface area contributed by atoms with Crippen molar-refractivity contribution in [2.45, 2.75) is 13.1 Å². The number of alkyl halides is 3. The number of rotatable bonds is 3. The van der Waals surface area contributed by atoms with Crippen molar-refractivity contribution in [1.82, 2.24) is 0 Å². The number of Topliss-reactive ketones (excluding diaryl/α,β-unsaturated/α-hetero) is 1. The molecule has 0 bridgehead atoms. The summed E-state index contributed by atoms with van der Waals surface area (Å²) >= 11 is 2.91. The van der Waals surface area contributed by atoms with E-state index in [9.17, 15) is 18.0 Å². The fraction of sp³-hybridized carbons (Fsp3) is 0.300. The molecule has 0 aliphatic rings. The van der Waals surface area contributed by atoms with Crippen LogP contribution in [0.4, 0.5) is 13.2 Å². The number of ketones is 1. The number of carbonyl (C=O) groups excluding carboxylic acids is 1. The quantitative estimate of drug-likeness (QED) is 0.797. The van der Waals surface area contributed by atoms with Crippen molar-refractivity contribution in [3.63, 3.8) is 0 Å². The van der Waals surface area contributed by atoms with Gasteiger partial charge in [-0.1, -0.05) is 0 Å². The van der Waals surface area contributed by atoms with Crippen LogP contribution in [0.3, 0.4) is 0 Å². The molecule has 6 heteroatoms. The predicted molar refractivity (Wildman–Crippen MR) is 55.7 cm³/mol. The van der Waals surface area contributed by atoms with Gasteiger partial charge in [-0.05, 0) is 41.1 Å². The molecule has 0 saturated carbocycles. The number of ether oxygens (including phenoxy) is 1. The molecular formula is C10H8BrF3O2. The van der Waals surface area contributed by atoms with Crippen molar-refractivity contribution in [1.29, 1.82) is 0 Å². The van der Waals surface area contributed by atoms with Crippen molar-refractivity contribution < 1.29 is 22.7 Å². The lowest BCUT2D eigenvalue weighted by Crippen LogP contribution is -2.23. The molecule has 0 unspecified atom stereocenters. The second kappa shape index (κ2) is 4.86. The van der Waals surface area contributed by atoms with Gasteiger partial charge in [0.05, 0.1) is 6.61 Å². The number of carbonyl (C=O) groups is 1. The molecule has 1 rings (SSSR count). The molecule has 0 aromatic heterocycles. The minimum atomic E-state index is -4.87. The molecule has 2 nitrogen and oxygen atoms in total. The molecule has 1 aromatic rings. The summed E-state index contributed by atoms with van der Waals surface area (Å²) in [7, 11) is 0. The molecule has 0 aliphatic carbocycles. The van der Waals surface area contributed by atoms with Gasteiger partial charge in [-0.15, -0.1) is 0 Å². The standard InChI is InChI=1S/C10H8BrF3O2/c1-2-16-6-3-4-7(8(11)5-6)9(15)10(12,13)14/h3-5H,2H2,1H3. The zero-order chi connectivity index (χ0) is 12.3. The average Bonchev–Trinajstić information content (AvgIpc) is 2.16. The Morgan fingerprint density at radius 2 is 2.06 bits per heavy atom. The third kappa shape index (κ3) is 2.98. The third-order valence-electron chi connectivity index (χ3n) is 1.75. The minimum absolute atomic E-state index is 0.0702. The van der Waals surface area contributed by atoms with Gasteiger partial charge in [0.25, 0.3) is 5.78 Å². The van der Waals surface area contributed by atoms with Gasteiger partial charge in [0.1, 0.15) is 5.75 Å². The summed E-state index contributed by atoms with van der Waals surface area (Å²) in [5.74, 6) is -1.46. The Labute approximate surface area is 98.5 Å². The number of halogens is 4. The first-order valence-electron chi connectivity index (χ1n) is 4.40. The molecule has 1 aromatic carbocycles. The lowest BCUT2D eigenvalue weighted by atomic mass is 10.1. The predicted octanol–water partition coefficient (Wildman–Crippen LogP) is 3.59. The van der Waals surface area contributed by atoms with Crippen molar-refractivity contribution in [3.8, 4) is 5.75 Å². The van der Waals surface area contributed by atoms with Crippen LogP contribution in [0.1, 0.15) is 17.3 Å². The van der Waals surface area contributed by atoms with Gasteiger partial charge in [-0.25, -0.2) is 0 Å². The highest BCUT2D eigenvalue weighted by Crippen LogP contribution is 2.29. The zero-order valence-electron chi connectivity index (χ0n) is 8.27. The van der Waals surface area contributed by atoms with E-state index in [4.69, 9.17) is 4.74 Å². The summed E-state index contributed by atoms with van der Waals surface area (Å²) in [4.78, 5) is 11.0. The van der Waals surface area contributed by atoms with E-state index in [1.54, 1.807) is 6.92 Å². The summed E-state index contributed by atoms with van der Waals surface area (Å²) in [6, 6.07) is 3.75. The maximum atomic E-state index is 12.2. The highest BCUT2D eigenvalue weighted by molar-refractivity contribution is 9.10. The zero-order valence-corrected chi connectivity index (χ0v) is 9.85. The molecule has 0 radical (unpaired) electrons. The van der Waals surface area contributed by atoms with E-state index in [0.717, 1.165) is 6.07 Å². The van der Waals surface area contributed by atoms with E-state index < -0.39 is 17.5 Å². The number of benzene rings is 1. The molecule has 0 heterocycles. The fourth-order valence-electron chi connectivity index (χ4n) is 1.09. The third-order valence-corrected chi connectivity index (χ3v) is 2.41. The summed E-state index contributed by atoms with van der Waals surface area (Å²) in [6.45, 7) is 2.15. The second-order valence-electron chi connectivity index (χ2n) is 2.90. The van der Waals surface area contributed by atoms with Crippen molar-refractivity contribution in [2.24, 2.45) is 0 Å². The van der Waals surface area contributed by atoms with Gasteiger partial charge in [-0.2, -0.15) is 13.2 Å². The van der Waals surface area contributed by atoms with Crippen molar-refractivity contribution >= 4 is 21.7 Å². The van der Waals surface area contributed by atoms with Crippen LogP contribution in [0.25, 0.3) is 0 Å². The van der Waals surface area contributed by atoms with Crippen molar-refractivity contribution in [3.05, 3.63) is 28.2 Å². The lowest BCUT2D eigenvalue weighted by molar-refractivity contribution is -0.0885. The Bertz CT molecular complexity index is 402. The van der Waals surface area contributed by atoms with Crippen LogP contribution in [0.15, 0.2) is 22.7 Å². The van der Waals surface area contributed by atoms with Crippen LogP contribution in [-0.2, 0) is 0 Å². The highest BCUT2D eigenvalue weighted by Gasteiger charge is 2.40. The molecule has 0 spiro atoms. The molecule has 16 heavy (non-hydrogen) atoms. The van der Waals surface area contributed by atoms with Gasteiger partial charge in [0, 0.05) is 10.0 Å². The van der Waals surface area contributed by atoms with Crippen LogP contribution in [0.5, 0.6) is 5.75 Å². The Hall–Kier alpha value is -1.04. The Morgan fingerprint density at radius 1 is 1.44 bits per heavy atom. The first-order valence-corrected chi connectivity index (χ1v) is 5.19. The molecule has 0 N–H and O–H groups in total. The van der Waals surface area contributed by atoms with Crippen LogP contribution < -0.4 is 4.74 Å². The fourth-order valence-corrected chi connectivity index (χ4v) is 1.63. The summed E-state index contributed by atoms with van der Waals surface area (Å²) in [5.41, 5.74) is -0.420. The largest absolute Gasteiger partial charge is 0.494 e. The van der Waals surface area contributed by atoms with Crippen LogP contribution in [0.2, 0.25) is 0 Å². The van der Waals surface area contributed by atoms with Gasteiger partial charge >= 0.3 is 6.18 Å². The first-order chi connectivity index (χ1) is 7.36. The molecule has 0 saturated heterocycles. The van der Waals surface area contributed by atoms with E-state index >= 15 is 0 Å². The normalized spacial score (nSPS) is 11.3. The summed E-state index contributed by atoms with van der Waals surface area (Å²) < 4.78 is 41.6. The Kier molecular flexibility index (Phi) is 3.96. The van der Waals surface area contributed by atoms with E-state index in [2.05, 4.69) is 15.9 Å². The van der Waals surface area contributed by atoms with Gasteiger partial charge in [0.15, 0.2) is 0 Å². The second-order valence-corrected chi connectivity index (χ2v) is 3.76. The molecule has 0 aliphatic heterocycles. The van der Waals surface area contributed by atoms with E-state index in [1.807, 2.05) is 0 Å². The van der Waals surface area contributed by atoms with Crippen molar-refractivity contribution in [2.75, 3.05) is 6.61 Å². The van der Waals surface area contributed by atoms with Gasteiger partial charge in [0.2, 0.25) is 0 Å². The van der Waals surface area contributed by atoms with Crippen LogP contribution in [0, 0.1) is 0 Å². The minimum Gasteiger partial charge on any atom is -0.494 e. The summed E-state index contributed by atoms with van der Waals surface area (Å²) in [6.07, 6.45) is -4.87. The monoisotopic (exact) mass is 296 g/mol. The SMILES string of the molecule is CCOc1ccc(C(=O)C(F)(F)F)c(Br)c1. The maximum absolute atomic E-state index is 12.2. The van der Waals surface area contributed by atoms with Crippen LogP contribution >= 0.6 is 15.9 Å². The van der Waals surface area contributed by atoms with E-state index in [1.165, 1.54) is 12.1 Å². The number of hydrogen-bond acceptors (Lipinski definition) is 2. The smallest absolute Gasteiger partial charge is 0.454 e. The van der Waals surface area contributed by atoms with Gasteiger partial charge < -0.3 is 4.74 Å².